The van der Waals surface area contributed by atoms with Gasteiger partial charge in [-0.1, -0.05) is 31.5 Å². The molecule has 0 saturated heterocycles. The van der Waals surface area contributed by atoms with Crippen molar-refractivity contribution in [2.24, 2.45) is 0 Å². The van der Waals surface area contributed by atoms with Crippen molar-refractivity contribution < 1.29 is 4.79 Å². The number of urea groups is 1. The van der Waals surface area contributed by atoms with Gasteiger partial charge in [0.2, 0.25) is 0 Å². The molecule has 1 aromatic heterocycles. The normalized spacial score (nSPS) is 10.4. The second-order valence-electron chi connectivity index (χ2n) is 5.14. The second-order valence-corrected chi connectivity index (χ2v) is 6.17. The summed E-state index contributed by atoms with van der Waals surface area (Å²) in [5.74, 6) is 0. The molecule has 112 valence electrons. The van der Waals surface area contributed by atoms with E-state index in [-0.39, 0.29) is 6.03 Å². The van der Waals surface area contributed by atoms with Gasteiger partial charge in [0, 0.05) is 10.6 Å². The first-order chi connectivity index (χ1) is 10.2. The number of rotatable bonds is 6. The number of anilines is 1. The number of carbonyl (C=O) groups excluding carboxylic acids is 1. The van der Waals surface area contributed by atoms with Crippen molar-refractivity contribution in [2.45, 2.75) is 39.7 Å². The Bertz CT molecular complexity index is 578. The Morgan fingerprint density at radius 3 is 2.81 bits per heavy atom. The SMILES string of the molecule is CCCCc1ccc(NC(=O)NCc2cccs2)c(C)c1. The maximum Gasteiger partial charge on any atom is 0.319 e. The van der Waals surface area contributed by atoms with Gasteiger partial charge in [-0.25, -0.2) is 4.79 Å². The summed E-state index contributed by atoms with van der Waals surface area (Å²) in [6.07, 6.45) is 3.50. The van der Waals surface area contributed by atoms with E-state index in [4.69, 9.17) is 0 Å². The summed E-state index contributed by atoms with van der Waals surface area (Å²) in [7, 11) is 0. The number of hydrogen-bond donors (Lipinski definition) is 2. The molecule has 0 unspecified atom stereocenters. The van der Waals surface area contributed by atoms with Crippen LogP contribution in [0.3, 0.4) is 0 Å². The number of thiophene rings is 1. The average molecular weight is 302 g/mol. The van der Waals surface area contributed by atoms with E-state index in [9.17, 15) is 4.79 Å². The molecule has 4 heteroatoms. The zero-order valence-electron chi connectivity index (χ0n) is 12.6. The highest BCUT2D eigenvalue weighted by molar-refractivity contribution is 7.09. The van der Waals surface area contributed by atoms with E-state index in [0.29, 0.717) is 6.54 Å². The highest BCUT2D eigenvalue weighted by Gasteiger charge is 2.05. The molecular formula is C17H22N2OS. The summed E-state index contributed by atoms with van der Waals surface area (Å²) in [4.78, 5) is 13.0. The van der Waals surface area contributed by atoms with E-state index in [1.54, 1.807) is 11.3 Å². The maximum absolute atomic E-state index is 11.9. The van der Waals surface area contributed by atoms with Crippen LogP contribution < -0.4 is 10.6 Å². The van der Waals surface area contributed by atoms with Crippen LogP contribution in [0.5, 0.6) is 0 Å². The summed E-state index contributed by atoms with van der Waals surface area (Å²) in [5, 5.41) is 7.79. The predicted octanol–water partition coefficient (Wildman–Crippen LogP) is 4.72. The fourth-order valence-electron chi connectivity index (χ4n) is 2.15. The minimum Gasteiger partial charge on any atom is -0.333 e. The van der Waals surface area contributed by atoms with Crippen LogP contribution in [0, 0.1) is 6.92 Å². The standard InChI is InChI=1S/C17H22N2OS/c1-3-4-6-14-8-9-16(13(2)11-14)19-17(20)18-12-15-7-5-10-21-15/h5,7-11H,3-4,6,12H2,1-2H3,(H2,18,19,20). The number of benzene rings is 1. The summed E-state index contributed by atoms with van der Waals surface area (Å²) in [6, 6.07) is 10.1. The first-order valence-electron chi connectivity index (χ1n) is 7.36. The Hall–Kier alpha value is -1.81. The van der Waals surface area contributed by atoms with E-state index < -0.39 is 0 Å². The molecule has 0 bridgehead atoms. The van der Waals surface area contributed by atoms with Crippen molar-refractivity contribution in [2.75, 3.05) is 5.32 Å². The molecule has 0 fully saturated rings. The molecule has 0 saturated carbocycles. The van der Waals surface area contributed by atoms with Crippen molar-refractivity contribution >= 4 is 23.1 Å². The van der Waals surface area contributed by atoms with Gasteiger partial charge in [0.1, 0.15) is 0 Å². The van der Waals surface area contributed by atoms with Crippen LogP contribution in [0.4, 0.5) is 10.5 Å². The van der Waals surface area contributed by atoms with Gasteiger partial charge in [-0.3, -0.25) is 0 Å². The number of unbranched alkanes of at least 4 members (excludes halogenated alkanes) is 1. The second kappa shape index (κ2) is 7.84. The van der Waals surface area contributed by atoms with Gasteiger partial charge in [-0.15, -0.1) is 11.3 Å². The molecule has 0 radical (unpaired) electrons. The fourth-order valence-corrected chi connectivity index (χ4v) is 2.79. The first kappa shape index (κ1) is 15.6. The zero-order chi connectivity index (χ0) is 15.1. The lowest BCUT2D eigenvalue weighted by Crippen LogP contribution is -2.28. The van der Waals surface area contributed by atoms with Crippen molar-refractivity contribution in [1.82, 2.24) is 5.32 Å². The maximum atomic E-state index is 11.9. The quantitative estimate of drug-likeness (QED) is 0.796. The Morgan fingerprint density at radius 2 is 2.14 bits per heavy atom. The average Bonchev–Trinajstić information content (AvgIpc) is 2.99. The van der Waals surface area contributed by atoms with Crippen LogP contribution >= 0.6 is 11.3 Å². The van der Waals surface area contributed by atoms with Crippen molar-refractivity contribution in [3.63, 3.8) is 0 Å². The van der Waals surface area contributed by atoms with Crippen LogP contribution in [-0.4, -0.2) is 6.03 Å². The molecule has 0 aliphatic rings. The number of amides is 2. The minimum absolute atomic E-state index is 0.159. The molecule has 2 rings (SSSR count). The third kappa shape index (κ3) is 4.90. The zero-order valence-corrected chi connectivity index (χ0v) is 13.4. The highest BCUT2D eigenvalue weighted by Crippen LogP contribution is 2.18. The molecule has 0 atom stereocenters. The Labute approximate surface area is 130 Å². The lowest BCUT2D eigenvalue weighted by Gasteiger charge is -2.11. The van der Waals surface area contributed by atoms with E-state index in [2.05, 4.69) is 29.7 Å². The molecule has 2 amide bonds. The van der Waals surface area contributed by atoms with Crippen LogP contribution in [0.15, 0.2) is 35.7 Å². The predicted molar refractivity (Wildman–Crippen MR) is 90.0 cm³/mol. The number of nitrogens with one attached hydrogen (secondary N) is 2. The van der Waals surface area contributed by atoms with E-state index in [0.717, 1.165) is 22.5 Å². The van der Waals surface area contributed by atoms with Crippen molar-refractivity contribution in [1.29, 1.82) is 0 Å². The Balaban J connectivity index is 1.88. The summed E-state index contributed by atoms with van der Waals surface area (Å²) in [6.45, 7) is 4.79. The lowest BCUT2D eigenvalue weighted by atomic mass is 10.0. The fraction of sp³-hybridized carbons (Fsp3) is 0.353. The molecule has 2 N–H and O–H groups in total. The number of aryl methyl sites for hydroxylation is 2. The molecule has 0 aliphatic carbocycles. The van der Waals surface area contributed by atoms with Gasteiger partial charge in [-0.2, -0.15) is 0 Å². The molecular weight excluding hydrogens is 280 g/mol. The monoisotopic (exact) mass is 302 g/mol. The largest absolute Gasteiger partial charge is 0.333 e. The third-order valence-electron chi connectivity index (χ3n) is 3.36. The van der Waals surface area contributed by atoms with Gasteiger partial charge in [0.15, 0.2) is 0 Å². The van der Waals surface area contributed by atoms with E-state index in [1.165, 1.54) is 18.4 Å². The Kier molecular flexibility index (Phi) is 5.81. The third-order valence-corrected chi connectivity index (χ3v) is 4.24. The Morgan fingerprint density at radius 1 is 1.29 bits per heavy atom. The molecule has 21 heavy (non-hydrogen) atoms. The van der Waals surface area contributed by atoms with E-state index in [1.807, 2.05) is 30.5 Å². The molecule has 1 aromatic carbocycles. The lowest BCUT2D eigenvalue weighted by molar-refractivity contribution is 0.252. The van der Waals surface area contributed by atoms with Crippen molar-refractivity contribution in [3.8, 4) is 0 Å². The van der Waals surface area contributed by atoms with Crippen LogP contribution in [0.25, 0.3) is 0 Å². The first-order valence-corrected chi connectivity index (χ1v) is 8.23. The van der Waals surface area contributed by atoms with Gasteiger partial charge in [0.05, 0.1) is 6.54 Å². The van der Waals surface area contributed by atoms with Gasteiger partial charge in [0.25, 0.3) is 0 Å². The topological polar surface area (TPSA) is 41.1 Å². The number of hydrogen-bond acceptors (Lipinski definition) is 2. The van der Waals surface area contributed by atoms with E-state index >= 15 is 0 Å². The van der Waals surface area contributed by atoms with Crippen molar-refractivity contribution in [3.05, 3.63) is 51.7 Å². The van der Waals surface area contributed by atoms with Gasteiger partial charge >= 0.3 is 6.03 Å². The van der Waals surface area contributed by atoms with Gasteiger partial charge in [-0.05, 0) is 48.4 Å². The molecule has 2 aromatic rings. The molecule has 3 nitrogen and oxygen atoms in total. The summed E-state index contributed by atoms with van der Waals surface area (Å²) >= 11 is 1.64. The summed E-state index contributed by atoms with van der Waals surface area (Å²) < 4.78 is 0. The van der Waals surface area contributed by atoms with Gasteiger partial charge < -0.3 is 10.6 Å². The highest BCUT2D eigenvalue weighted by atomic mass is 32.1. The minimum atomic E-state index is -0.159. The van der Waals surface area contributed by atoms with Crippen LogP contribution in [0.2, 0.25) is 0 Å². The molecule has 1 heterocycles. The van der Waals surface area contributed by atoms with Crippen LogP contribution in [0.1, 0.15) is 35.8 Å². The summed E-state index contributed by atoms with van der Waals surface area (Å²) in [5.41, 5.74) is 3.31. The smallest absolute Gasteiger partial charge is 0.319 e. The molecule has 0 spiro atoms. The van der Waals surface area contributed by atoms with Crippen LogP contribution in [-0.2, 0) is 13.0 Å². The molecule has 0 aliphatic heterocycles. The number of carbonyl (C=O) groups is 1.